The number of rotatable bonds is 8. The van der Waals surface area contributed by atoms with E-state index >= 15 is 0 Å². The summed E-state index contributed by atoms with van der Waals surface area (Å²) >= 11 is 0. The summed E-state index contributed by atoms with van der Waals surface area (Å²) in [6, 6.07) is 14.9. The second-order valence-electron chi connectivity index (χ2n) is 5.98. The van der Waals surface area contributed by atoms with E-state index in [0.29, 0.717) is 12.2 Å². The molecule has 0 unspecified atom stereocenters. The van der Waals surface area contributed by atoms with E-state index in [1.807, 2.05) is 18.2 Å². The van der Waals surface area contributed by atoms with Crippen LogP contribution in [0.4, 0.5) is 10.5 Å². The zero-order valence-electron chi connectivity index (χ0n) is 14.4. The van der Waals surface area contributed by atoms with Crippen LogP contribution >= 0.6 is 0 Å². The van der Waals surface area contributed by atoms with Crippen molar-refractivity contribution in [2.45, 2.75) is 32.6 Å². The second-order valence-corrected chi connectivity index (χ2v) is 5.98. The molecule has 3 N–H and O–H groups in total. The molecule has 5 nitrogen and oxygen atoms in total. The number of carbonyl (C=O) groups excluding carboxylic acids is 1. The molecule has 132 valence electrons. The Hall–Kier alpha value is -2.82. The molecule has 2 aromatic rings. The molecule has 0 radical (unpaired) electrons. The third-order valence-electron chi connectivity index (χ3n) is 4.01. The second kappa shape index (κ2) is 9.47. The number of aromatic carboxylic acids is 1. The Bertz CT molecular complexity index is 714. The summed E-state index contributed by atoms with van der Waals surface area (Å²) < 4.78 is 0. The first-order chi connectivity index (χ1) is 12.1. The minimum atomic E-state index is -1.06. The van der Waals surface area contributed by atoms with Crippen LogP contribution in [-0.4, -0.2) is 23.7 Å². The van der Waals surface area contributed by atoms with Crippen LogP contribution < -0.4 is 10.6 Å². The van der Waals surface area contributed by atoms with Crippen molar-refractivity contribution in [3.8, 4) is 0 Å². The molecule has 0 atom stereocenters. The van der Waals surface area contributed by atoms with Crippen LogP contribution in [0.25, 0.3) is 0 Å². The SMILES string of the molecule is Cc1cccc(C(=O)O)c1NC(=O)NCCCCCc1ccccc1. The number of nitrogens with one attached hydrogen (secondary N) is 2. The summed E-state index contributed by atoms with van der Waals surface area (Å²) in [5.41, 5.74) is 2.49. The molecule has 2 rings (SSSR count). The van der Waals surface area contributed by atoms with Crippen LogP contribution in [0.2, 0.25) is 0 Å². The van der Waals surface area contributed by atoms with E-state index in [0.717, 1.165) is 31.2 Å². The number of amides is 2. The van der Waals surface area contributed by atoms with Crippen molar-refractivity contribution in [1.29, 1.82) is 0 Å². The van der Waals surface area contributed by atoms with Crippen molar-refractivity contribution in [1.82, 2.24) is 5.32 Å². The third kappa shape index (κ3) is 5.95. The van der Waals surface area contributed by atoms with Gasteiger partial charge < -0.3 is 15.7 Å². The molecular weight excluding hydrogens is 316 g/mol. The molecule has 2 amide bonds. The zero-order chi connectivity index (χ0) is 18.1. The van der Waals surface area contributed by atoms with Crippen molar-refractivity contribution in [3.63, 3.8) is 0 Å². The number of hydrogen-bond donors (Lipinski definition) is 3. The highest BCUT2D eigenvalue weighted by Crippen LogP contribution is 2.20. The number of carboxylic acid groups (broad SMARTS) is 1. The molecule has 0 fully saturated rings. The van der Waals surface area contributed by atoms with Crippen LogP contribution in [0.15, 0.2) is 48.5 Å². The van der Waals surface area contributed by atoms with E-state index in [2.05, 4.69) is 22.8 Å². The lowest BCUT2D eigenvalue weighted by Crippen LogP contribution is -2.30. The van der Waals surface area contributed by atoms with Crippen molar-refractivity contribution in [3.05, 3.63) is 65.2 Å². The molecule has 25 heavy (non-hydrogen) atoms. The summed E-state index contributed by atoms with van der Waals surface area (Å²) in [6.45, 7) is 2.33. The Kier molecular flexibility index (Phi) is 7.01. The number of urea groups is 1. The van der Waals surface area contributed by atoms with E-state index in [1.165, 1.54) is 11.6 Å². The van der Waals surface area contributed by atoms with Gasteiger partial charge in [-0.15, -0.1) is 0 Å². The minimum absolute atomic E-state index is 0.0954. The van der Waals surface area contributed by atoms with Crippen LogP contribution in [0.1, 0.15) is 40.7 Å². The number of unbranched alkanes of at least 4 members (excludes halogenated alkanes) is 2. The Morgan fingerprint density at radius 1 is 0.960 bits per heavy atom. The fourth-order valence-electron chi connectivity index (χ4n) is 2.65. The highest BCUT2D eigenvalue weighted by molar-refractivity contribution is 6.00. The highest BCUT2D eigenvalue weighted by Gasteiger charge is 2.13. The number of para-hydroxylation sites is 1. The largest absolute Gasteiger partial charge is 0.478 e. The zero-order valence-corrected chi connectivity index (χ0v) is 14.4. The van der Waals surface area contributed by atoms with Gasteiger partial charge in [0.15, 0.2) is 0 Å². The van der Waals surface area contributed by atoms with Crippen molar-refractivity contribution in [2.75, 3.05) is 11.9 Å². The molecule has 0 saturated carbocycles. The number of carboxylic acids is 1. The van der Waals surface area contributed by atoms with Crippen molar-refractivity contribution >= 4 is 17.7 Å². The van der Waals surface area contributed by atoms with Gasteiger partial charge in [-0.25, -0.2) is 9.59 Å². The maximum absolute atomic E-state index is 12.0. The number of aryl methyl sites for hydroxylation is 2. The molecule has 5 heteroatoms. The van der Waals surface area contributed by atoms with Gasteiger partial charge in [-0.2, -0.15) is 0 Å². The minimum Gasteiger partial charge on any atom is -0.478 e. The van der Waals surface area contributed by atoms with Crippen molar-refractivity contribution < 1.29 is 14.7 Å². The quantitative estimate of drug-likeness (QED) is 0.629. The normalized spacial score (nSPS) is 10.3. The Morgan fingerprint density at radius 3 is 2.44 bits per heavy atom. The molecular formula is C20H24N2O3. The molecule has 0 heterocycles. The van der Waals surface area contributed by atoms with E-state index in [9.17, 15) is 14.7 Å². The maximum Gasteiger partial charge on any atom is 0.337 e. The third-order valence-corrected chi connectivity index (χ3v) is 4.01. The smallest absolute Gasteiger partial charge is 0.337 e. The van der Waals surface area contributed by atoms with E-state index < -0.39 is 5.97 Å². The lowest BCUT2D eigenvalue weighted by Gasteiger charge is -2.12. The van der Waals surface area contributed by atoms with Gasteiger partial charge >= 0.3 is 12.0 Å². The lowest BCUT2D eigenvalue weighted by atomic mass is 10.1. The summed E-state index contributed by atoms with van der Waals surface area (Å²) in [5, 5.41) is 14.6. The molecule has 0 aliphatic heterocycles. The first-order valence-electron chi connectivity index (χ1n) is 8.49. The first-order valence-corrected chi connectivity index (χ1v) is 8.49. The lowest BCUT2D eigenvalue weighted by molar-refractivity contribution is 0.0698. The Balaban J connectivity index is 1.70. The van der Waals surface area contributed by atoms with Gasteiger partial charge in [0.2, 0.25) is 0 Å². The van der Waals surface area contributed by atoms with Crippen LogP contribution in [-0.2, 0) is 6.42 Å². The van der Waals surface area contributed by atoms with Gasteiger partial charge in [0.25, 0.3) is 0 Å². The van der Waals surface area contributed by atoms with E-state index in [1.54, 1.807) is 19.1 Å². The fourth-order valence-corrected chi connectivity index (χ4v) is 2.65. The molecule has 0 spiro atoms. The van der Waals surface area contributed by atoms with E-state index in [-0.39, 0.29) is 11.6 Å². The van der Waals surface area contributed by atoms with Crippen LogP contribution in [0.5, 0.6) is 0 Å². The molecule has 0 aliphatic carbocycles. The van der Waals surface area contributed by atoms with Gasteiger partial charge in [-0.05, 0) is 43.4 Å². The standard InChI is InChI=1S/C20H24N2O3/c1-15-9-8-13-17(19(23)24)18(15)22-20(25)21-14-7-3-6-12-16-10-4-2-5-11-16/h2,4-5,8-11,13H,3,6-7,12,14H2,1H3,(H,23,24)(H2,21,22,25). The summed E-state index contributed by atoms with van der Waals surface area (Å²) in [7, 11) is 0. The number of hydrogen-bond acceptors (Lipinski definition) is 2. The highest BCUT2D eigenvalue weighted by atomic mass is 16.4. The predicted molar refractivity (Wildman–Crippen MR) is 99.2 cm³/mol. The number of benzene rings is 2. The van der Waals surface area contributed by atoms with Gasteiger partial charge in [-0.1, -0.05) is 48.9 Å². The van der Waals surface area contributed by atoms with Gasteiger partial charge in [0.05, 0.1) is 11.3 Å². The number of carbonyl (C=O) groups is 2. The monoisotopic (exact) mass is 340 g/mol. The molecule has 2 aromatic carbocycles. The predicted octanol–water partition coefficient (Wildman–Crippen LogP) is 4.23. The Labute approximate surface area is 148 Å². The van der Waals surface area contributed by atoms with Gasteiger partial charge in [-0.3, -0.25) is 0 Å². The molecule has 0 bridgehead atoms. The number of anilines is 1. The first kappa shape index (κ1) is 18.5. The average molecular weight is 340 g/mol. The molecule has 0 aliphatic rings. The fraction of sp³-hybridized carbons (Fsp3) is 0.300. The van der Waals surface area contributed by atoms with Crippen LogP contribution in [0.3, 0.4) is 0 Å². The van der Waals surface area contributed by atoms with E-state index in [4.69, 9.17) is 0 Å². The summed E-state index contributed by atoms with van der Waals surface area (Å²) in [5.74, 6) is -1.06. The maximum atomic E-state index is 12.0. The molecule has 0 saturated heterocycles. The molecule has 0 aromatic heterocycles. The topological polar surface area (TPSA) is 78.4 Å². The summed E-state index contributed by atoms with van der Waals surface area (Å²) in [6.07, 6.45) is 4.03. The van der Waals surface area contributed by atoms with Gasteiger partial charge in [0.1, 0.15) is 0 Å². The average Bonchev–Trinajstić information content (AvgIpc) is 2.60. The van der Waals surface area contributed by atoms with Crippen molar-refractivity contribution in [2.24, 2.45) is 0 Å². The van der Waals surface area contributed by atoms with Gasteiger partial charge in [0, 0.05) is 6.54 Å². The Morgan fingerprint density at radius 2 is 1.72 bits per heavy atom. The van der Waals surface area contributed by atoms with Crippen LogP contribution in [0, 0.1) is 6.92 Å². The summed E-state index contributed by atoms with van der Waals surface area (Å²) in [4.78, 5) is 23.2.